The molecule has 0 amide bonds. The van der Waals surface area contributed by atoms with Gasteiger partial charge in [-0.3, -0.25) is 0 Å². The Morgan fingerprint density at radius 2 is 1.53 bits per heavy atom. The molecule has 0 saturated heterocycles. The summed E-state index contributed by atoms with van der Waals surface area (Å²) in [5.74, 6) is 6.02. The Morgan fingerprint density at radius 3 is 2.11 bits per heavy atom. The summed E-state index contributed by atoms with van der Waals surface area (Å²) in [6, 6.07) is 15.7. The van der Waals surface area contributed by atoms with Gasteiger partial charge in [-0.1, -0.05) is 48.2 Å². The van der Waals surface area contributed by atoms with Crippen molar-refractivity contribution < 1.29 is 5.11 Å². The molecule has 0 heterocycles. The molecule has 0 aliphatic rings. The molecule has 19 heavy (non-hydrogen) atoms. The zero-order valence-corrected chi connectivity index (χ0v) is 11.6. The number of benzene rings is 2. The molecular weight excluding hydrogens is 232 g/mol. The van der Waals surface area contributed by atoms with Crippen LogP contribution in [0.25, 0.3) is 0 Å². The Bertz CT molecular complexity index is 607. The molecule has 2 aromatic rings. The summed E-state index contributed by atoms with van der Waals surface area (Å²) >= 11 is 0. The van der Waals surface area contributed by atoms with Crippen LogP contribution in [0.3, 0.4) is 0 Å². The largest absolute Gasteiger partial charge is 0.374 e. The monoisotopic (exact) mass is 250 g/mol. The van der Waals surface area contributed by atoms with E-state index in [1.807, 2.05) is 56.3 Å². The molecule has 1 unspecified atom stereocenters. The van der Waals surface area contributed by atoms with Crippen LogP contribution >= 0.6 is 0 Å². The molecule has 1 N–H and O–H groups in total. The fourth-order valence-electron chi connectivity index (χ4n) is 2.08. The van der Waals surface area contributed by atoms with Crippen LogP contribution < -0.4 is 0 Å². The van der Waals surface area contributed by atoms with Gasteiger partial charge < -0.3 is 5.11 Å². The molecule has 1 heteroatoms. The molecule has 0 bridgehead atoms. The first-order chi connectivity index (χ1) is 8.97. The average Bonchev–Trinajstić information content (AvgIpc) is 2.37. The number of hydrogen-bond acceptors (Lipinski definition) is 1. The van der Waals surface area contributed by atoms with Gasteiger partial charge in [0, 0.05) is 5.56 Å². The molecule has 0 saturated carbocycles. The lowest BCUT2D eigenvalue weighted by molar-refractivity contribution is 0.122. The lowest BCUT2D eigenvalue weighted by Crippen LogP contribution is -2.18. The third-order valence-corrected chi connectivity index (χ3v) is 3.01. The molecule has 96 valence electrons. The van der Waals surface area contributed by atoms with Crippen molar-refractivity contribution >= 4 is 0 Å². The standard InChI is InChI=1S/C18H18O/c1-14-11-15(2)13-16(12-14)9-10-18(3,19)17-7-5-4-6-8-17/h4-8,11-13,19H,1-3H3. The second-order valence-electron chi connectivity index (χ2n) is 5.06. The van der Waals surface area contributed by atoms with Gasteiger partial charge in [-0.05, 0) is 49.6 Å². The lowest BCUT2D eigenvalue weighted by atomic mass is 9.96. The fourth-order valence-corrected chi connectivity index (χ4v) is 2.08. The third kappa shape index (κ3) is 3.47. The lowest BCUT2D eigenvalue weighted by Gasteiger charge is -2.16. The Labute approximate surface area is 114 Å². The SMILES string of the molecule is Cc1cc(C)cc(C#CC(C)(O)c2ccccc2)c1. The Kier molecular flexibility index (Phi) is 3.74. The Morgan fingerprint density at radius 1 is 0.947 bits per heavy atom. The van der Waals surface area contributed by atoms with E-state index >= 15 is 0 Å². The second-order valence-corrected chi connectivity index (χ2v) is 5.06. The van der Waals surface area contributed by atoms with Gasteiger partial charge in [-0.25, -0.2) is 0 Å². The smallest absolute Gasteiger partial charge is 0.148 e. The number of hydrogen-bond donors (Lipinski definition) is 1. The second kappa shape index (κ2) is 5.30. The summed E-state index contributed by atoms with van der Waals surface area (Å²) in [4.78, 5) is 0. The molecule has 0 aliphatic heterocycles. The van der Waals surface area contributed by atoms with Crippen LogP contribution in [0.1, 0.15) is 29.2 Å². The van der Waals surface area contributed by atoms with E-state index in [0.29, 0.717) is 0 Å². The first-order valence-corrected chi connectivity index (χ1v) is 6.37. The van der Waals surface area contributed by atoms with Gasteiger partial charge in [0.1, 0.15) is 5.60 Å². The fraction of sp³-hybridized carbons (Fsp3) is 0.222. The Hall–Kier alpha value is -2.04. The quantitative estimate of drug-likeness (QED) is 0.767. The van der Waals surface area contributed by atoms with Crippen molar-refractivity contribution in [3.63, 3.8) is 0 Å². The maximum Gasteiger partial charge on any atom is 0.148 e. The average molecular weight is 250 g/mol. The zero-order valence-electron chi connectivity index (χ0n) is 11.6. The predicted octanol–water partition coefficient (Wildman–Crippen LogP) is 3.56. The summed E-state index contributed by atoms with van der Waals surface area (Å²) in [5.41, 5.74) is 2.99. The predicted molar refractivity (Wildman–Crippen MR) is 78.8 cm³/mol. The first-order valence-electron chi connectivity index (χ1n) is 6.37. The van der Waals surface area contributed by atoms with Crippen LogP contribution in [-0.2, 0) is 5.60 Å². The minimum atomic E-state index is -1.13. The van der Waals surface area contributed by atoms with Crippen LogP contribution in [0.4, 0.5) is 0 Å². The van der Waals surface area contributed by atoms with Crippen molar-refractivity contribution in [1.82, 2.24) is 0 Å². The van der Waals surface area contributed by atoms with E-state index in [-0.39, 0.29) is 0 Å². The van der Waals surface area contributed by atoms with Crippen LogP contribution in [0, 0.1) is 25.7 Å². The normalized spacial score (nSPS) is 13.3. The number of aliphatic hydroxyl groups is 1. The molecule has 0 aromatic heterocycles. The number of aryl methyl sites for hydroxylation is 2. The molecule has 1 atom stereocenters. The molecule has 2 rings (SSSR count). The third-order valence-electron chi connectivity index (χ3n) is 3.01. The topological polar surface area (TPSA) is 20.2 Å². The van der Waals surface area contributed by atoms with E-state index in [9.17, 15) is 5.11 Å². The van der Waals surface area contributed by atoms with Gasteiger partial charge >= 0.3 is 0 Å². The highest BCUT2D eigenvalue weighted by molar-refractivity contribution is 5.42. The number of rotatable bonds is 1. The maximum absolute atomic E-state index is 10.4. The highest BCUT2D eigenvalue weighted by Crippen LogP contribution is 2.19. The first kappa shape index (κ1) is 13.4. The van der Waals surface area contributed by atoms with E-state index in [1.165, 1.54) is 11.1 Å². The van der Waals surface area contributed by atoms with E-state index in [2.05, 4.69) is 17.9 Å². The van der Waals surface area contributed by atoms with E-state index in [4.69, 9.17) is 0 Å². The highest BCUT2D eigenvalue weighted by atomic mass is 16.3. The maximum atomic E-state index is 10.4. The van der Waals surface area contributed by atoms with Gasteiger partial charge in [0.05, 0.1) is 0 Å². The van der Waals surface area contributed by atoms with Gasteiger partial charge in [-0.15, -0.1) is 0 Å². The van der Waals surface area contributed by atoms with Crippen molar-refractivity contribution in [2.45, 2.75) is 26.4 Å². The molecule has 0 radical (unpaired) electrons. The minimum Gasteiger partial charge on any atom is -0.374 e. The van der Waals surface area contributed by atoms with Crippen LogP contribution in [0.5, 0.6) is 0 Å². The molecule has 0 aliphatic carbocycles. The Balaban J connectivity index is 2.33. The summed E-state index contributed by atoms with van der Waals surface area (Å²) in [6.45, 7) is 5.82. The molecule has 0 spiro atoms. The van der Waals surface area contributed by atoms with E-state index in [0.717, 1.165) is 11.1 Å². The molecular formula is C18H18O. The van der Waals surface area contributed by atoms with Crippen molar-refractivity contribution in [2.75, 3.05) is 0 Å². The van der Waals surface area contributed by atoms with E-state index < -0.39 is 5.60 Å². The van der Waals surface area contributed by atoms with Gasteiger partial charge in [0.2, 0.25) is 0 Å². The zero-order chi connectivity index (χ0) is 13.9. The minimum absolute atomic E-state index is 0.812. The van der Waals surface area contributed by atoms with Crippen LogP contribution in [0.15, 0.2) is 48.5 Å². The van der Waals surface area contributed by atoms with Gasteiger partial charge in [0.15, 0.2) is 0 Å². The van der Waals surface area contributed by atoms with Gasteiger partial charge in [0.25, 0.3) is 0 Å². The summed E-state index contributed by atoms with van der Waals surface area (Å²) in [7, 11) is 0. The van der Waals surface area contributed by atoms with Gasteiger partial charge in [-0.2, -0.15) is 0 Å². The summed E-state index contributed by atoms with van der Waals surface area (Å²) in [6.07, 6.45) is 0. The van der Waals surface area contributed by atoms with Crippen molar-refractivity contribution in [3.8, 4) is 11.8 Å². The van der Waals surface area contributed by atoms with Crippen LogP contribution in [0.2, 0.25) is 0 Å². The van der Waals surface area contributed by atoms with Crippen molar-refractivity contribution in [2.24, 2.45) is 0 Å². The van der Waals surface area contributed by atoms with Crippen molar-refractivity contribution in [1.29, 1.82) is 0 Å². The highest BCUT2D eigenvalue weighted by Gasteiger charge is 2.18. The van der Waals surface area contributed by atoms with Crippen molar-refractivity contribution in [3.05, 3.63) is 70.8 Å². The summed E-state index contributed by atoms with van der Waals surface area (Å²) in [5, 5.41) is 10.4. The molecule has 2 aromatic carbocycles. The molecule has 0 fully saturated rings. The summed E-state index contributed by atoms with van der Waals surface area (Å²) < 4.78 is 0. The van der Waals surface area contributed by atoms with E-state index in [1.54, 1.807) is 6.92 Å². The van der Waals surface area contributed by atoms with Crippen LogP contribution in [-0.4, -0.2) is 5.11 Å². The molecule has 1 nitrogen and oxygen atoms in total.